The van der Waals surface area contributed by atoms with E-state index in [-0.39, 0.29) is 5.04 Å². The van der Waals surface area contributed by atoms with Crippen LogP contribution in [0.5, 0.6) is 0 Å². The standard InChI is InChI=1S/C13H23N3O6Si/c1-13(2,3)23(4,5)21-8-6-7-15-9-10(16(18)19)11(14-15)12(17)22-20/h9,20H,6-8H2,1-5H3. The van der Waals surface area contributed by atoms with Crippen molar-refractivity contribution < 1.29 is 24.3 Å². The highest BCUT2D eigenvalue weighted by atomic mass is 28.4. The van der Waals surface area contributed by atoms with Crippen molar-refractivity contribution in [1.82, 2.24) is 9.78 Å². The maximum Gasteiger partial charge on any atom is 0.400 e. The Morgan fingerprint density at radius 1 is 1.48 bits per heavy atom. The maximum absolute atomic E-state index is 11.3. The van der Waals surface area contributed by atoms with Crippen molar-refractivity contribution in [3.05, 3.63) is 22.0 Å². The van der Waals surface area contributed by atoms with Gasteiger partial charge in [0.05, 0.1) is 4.92 Å². The summed E-state index contributed by atoms with van der Waals surface area (Å²) in [5.41, 5.74) is -1.03. The van der Waals surface area contributed by atoms with Gasteiger partial charge in [-0.3, -0.25) is 19.7 Å². The molecule has 9 nitrogen and oxygen atoms in total. The summed E-state index contributed by atoms with van der Waals surface area (Å²) in [5.74, 6) is -1.26. The largest absolute Gasteiger partial charge is 0.417 e. The van der Waals surface area contributed by atoms with Crippen LogP contribution in [0.15, 0.2) is 6.20 Å². The Morgan fingerprint density at radius 2 is 2.09 bits per heavy atom. The molecule has 0 saturated heterocycles. The Bertz CT molecular complexity index is 579. The van der Waals surface area contributed by atoms with Crippen molar-refractivity contribution in [3.63, 3.8) is 0 Å². The van der Waals surface area contributed by atoms with Gasteiger partial charge in [-0.25, -0.2) is 4.79 Å². The van der Waals surface area contributed by atoms with Crippen LogP contribution in [0.1, 0.15) is 37.7 Å². The molecule has 0 radical (unpaired) electrons. The fourth-order valence-electron chi connectivity index (χ4n) is 1.62. The summed E-state index contributed by atoms with van der Waals surface area (Å²) in [5, 5.41) is 23.1. The van der Waals surface area contributed by atoms with Crippen molar-refractivity contribution in [2.24, 2.45) is 0 Å². The lowest BCUT2D eigenvalue weighted by Crippen LogP contribution is -2.41. The molecule has 10 heteroatoms. The second-order valence-corrected chi connectivity index (χ2v) is 11.5. The molecular formula is C13H23N3O6Si. The van der Waals surface area contributed by atoms with E-state index in [4.69, 9.17) is 9.68 Å². The predicted molar refractivity (Wildman–Crippen MR) is 84.7 cm³/mol. The summed E-state index contributed by atoms with van der Waals surface area (Å²) in [6.45, 7) is 11.6. The molecule has 1 rings (SSSR count). The Kier molecular flexibility index (Phi) is 6.02. The number of hydrogen-bond donors (Lipinski definition) is 1. The molecule has 0 fully saturated rings. The molecule has 0 aromatic carbocycles. The van der Waals surface area contributed by atoms with Crippen LogP contribution < -0.4 is 0 Å². The minimum atomic E-state index is -1.84. The van der Waals surface area contributed by atoms with E-state index < -0.39 is 30.6 Å². The van der Waals surface area contributed by atoms with Crippen molar-refractivity contribution in [1.29, 1.82) is 0 Å². The van der Waals surface area contributed by atoms with Crippen molar-refractivity contribution in [3.8, 4) is 0 Å². The SMILES string of the molecule is CC(C)(C)[Si](C)(C)OCCCn1cc([N+](=O)[O-])c(C(=O)OO)n1. The molecule has 1 aromatic heterocycles. The lowest BCUT2D eigenvalue weighted by Gasteiger charge is -2.36. The third-order valence-electron chi connectivity index (χ3n) is 4.02. The highest BCUT2D eigenvalue weighted by Crippen LogP contribution is 2.36. The van der Waals surface area contributed by atoms with E-state index in [9.17, 15) is 14.9 Å². The minimum Gasteiger partial charge on any atom is -0.417 e. The molecular weight excluding hydrogens is 322 g/mol. The molecule has 23 heavy (non-hydrogen) atoms. The van der Waals surface area contributed by atoms with Gasteiger partial charge >= 0.3 is 11.7 Å². The lowest BCUT2D eigenvalue weighted by molar-refractivity contribution is -0.385. The molecule has 0 bridgehead atoms. The molecule has 1 heterocycles. The van der Waals surface area contributed by atoms with E-state index in [1.165, 1.54) is 4.68 Å². The minimum absolute atomic E-state index is 0.107. The van der Waals surface area contributed by atoms with Crippen LogP contribution in [0.2, 0.25) is 18.1 Å². The summed E-state index contributed by atoms with van der Waals surface area (Å²) in [4.78, 5) is 24.9. The molecule has 0 atom stereocenters. The molecule has 0 aliphatic heterocycles. The summed E-state index contributed by atoms with van der Waals surface area (Å²) < 4.78 is 7.28. The van der Waals surface area contributed by atoms with Crippen LogP contribution in [-0.2, 0) is 15.9 Å². The number of rotatable bonds is 7. The van der Waals surface area contributed by atoms with Gasteiger partial charge in [-0.05, 0) is 24.6 Å². The van der Waals surface area contributed by atoms with E-state index in [2.05, 4.69) is 43.9 Å². The third-order valence-corrected chi connectivity index (χ3v) is 8.55. The van der Waals surface area contributed by atoms with Crippen LogP contribution in [-0.4, -0.2) is 40.9 Å². The number of nitro groups is 1. The normalized spacial score (nSPS) is 12.3. The highest BCUT2D eigenvalue weighted by Gasteiger charge is 2.36. The zero-order valence-corrected chi connectivity index (χ0v) is 15.0. The fraction of sp³-hybridized carbons (Fsp3) is 0.692. The van der Waals surface area contributed by atoms with Crippen molar-refractivity contribution in [2.75, 3.05) is 6.61 Å². The second-order valence-electron chi connectivity index (χ2n) is 6.72. The fourth-order valence-corrected chi connectivity index (χ4v) is 2.71. The van der Waals surface area contributed by atoms with E-state index in [0.29, 0.717) is 19.6 Å². The quantitative estimate of drug-likeness (QED) is 0.265. The number of nitrogens with zero attached hydrogens (tertiary/aromatic N) is 3. The number of aromatic nitrogens is 2. The molecule has 1 N–H and O–H groups in total. The second kappa shape index (κ2) is 7.19. The topological polar surface area (TPSA) is 117 Å². The first kappa shape index (κ1) is 19.3. The number of carbonyl (C=O) groups is 1. The van der Waals surface area contributed by atoms with Gasteiger partial charge in [0.15, 0.2) is 8.32 Å². The van der Waals surface area contributed by atoms with Gasteiger partial charge in [0.25, 0.3) is 5.69 Å². The Morgan fingerprint density at radius 3 is 2.57 bits per heavy atom. The van der Waals surface area contributed by atoms with Gasteiger partial charge in [0.2, 0.25) is 0 Å². The van der Waals surface area contributed by atoms with Crippen LogP contribution in [0, 0.1) is 10.1 Å². The van der Waals surface area contributed by atoms with Crippen LogP contribution in [0.25, 0.3) is 0 Å². The van der Waals surface area contributed by atoms with Crippen LogP contribution >= 0.6 is 0 Å². The van der Waals surface area contributed by atoms with Crippen LogP contribution in [0.4, 0.5) is 5.69 Å². The van der Waals surface area contributed by atoms with Crippen LogP contribution in [0.3, 0.4) is 0 Å². The number of carbonyl (C=O) groups excluding carboxylic acids is 1. The van der Waals surface area contributed by atoms with Crippen molar-refractivity contribution in [2.45, 2.75) is 51.9 Å². The average Bonchev–Trinajstić information content (AvgIpc) is 2.86. The van der Waals surface area contributed by atoms with E-state index in [0.717, 1.165) is 6.20 Å². The van der Waals surface area contributed by atoms with E-state index in [1.54, 1.807) is 0 Å². The number of aryl methyl sites for hydroxylation is 1. The summed E-state index contributed by atoms with van der Waals surface area (Å²) in [7, 11) is -1.84. The first-order valence-electron chi connectivity index (χ1n) is 7.21. The zero-order chi connectivity index (χ0) is 17.8. The molecule has 0 unspecified atom stereocenters. The van der Waals surface area contributed by atoms with Gasteiger partial charge in [0, 0.05) is 13.2 Å². The summed E-state index contributed by atoms with van der Waals surface area (Å²) >= 11 is 0. The smallest absolute Gasteiger partial charge is 0.400 e. The first-order valence-corrected chi connectivity index (χ1v) is 10.1. The van der Waals surface area contributed by atoms with E-state index >= 15 is 0 Å². The van der Waals surface area contributed by atoms with Gasteiger partial charge < -0.3 is 4.43 Å². The lowest BCUT2D eigenvalue weighted by atomic mass is 10.2. The predicted octanol–water partition coefficient (Wildman–Crippen LogP) is 2.83. The number of hydrogen-bond acceptors (Lipinski definition) is 7. The Labute approximate surface area is 135 Å². The molecule has 0 aliphatic rings. The zero-order valence-electron chi connectivity index (χ0n) is 14.0. The maximum atomic E-state index is 11.3. The first-order chi connectivity index (χ1) is 10.5. The third kappa shape index (κ3) is 4.84. The molecule has 0 amide bonds. The molecule has 1 aromatic rings. The monoisotopic (exact) mass is 345 g/mol. The highest BCUT2D eigenvalue weighted by molar-refractivity contribution is 6.74. The van der Waals surface area contributed by atoms with Gasteiger partial charge in [-0.15, -0.1) is 0 Å². The molecule has 130 valence electrons. The van der Waals surface area contributed by atoms with Gasteiger partial charge in [0.1, 0.15) is 6.20 Å². The Hall–Kier alpha value is -1.78. The van der Waals surface area contributed by atoms with Crippen molar-refractivity contribution >= 4 is 20.0 Å². The molecule has 0 aliphatic carbocycles. The average molecular weight is 345 g/mol. The summed E-state index contributed by atoms with van der Waals surface area (Å²) in [6, 6.07) is 0. The molecule has 0 saturated carbocycles. The van der Waals surface area contributed by atoms with Gasteiger partial charge in [-0.2, -0.15) is 10.4 Å². The van der Waals surface area contributed by atoms with E-state index in [1.807, 2.05) is 0 Å². The molecule has 0 spiro atoms. The summed E-state index contributed by atoms with van der Waals surface area (Å²) in [6.07, 6.45) is 1.73. The Balaban J connectivity index is 2.66. The van der Waals surface area contributed by atoms with Gasteiger partial charge in [-0.1, -0.05) is 20.8 Å².